The van der Waals surface area contributed by atoms with Crippen molar-refractivity contribution in [3.05, 3.63) is 57.5 Å². The van der Waals surface area contributed by atoms with Crippen LogP contribution in [0.4, 0.5) is 0 Å². The van der Waals surface area contributed by atoms with Gasteiger partial charge in [-0.2, -0.15) is 0 Å². The van der Waals surface area contributed by atoms with Crippen molar-refractivity contribution < 1.29 is 14.3 Å². The van der Waals surface area contributed by atoms with Crippen molar-refractivity contribution in [2.45, 2.75) is 71.8 Å². The highest BCUT2D eigenvalue weighted by Gasteiger charge is 2.44. The normalized spacial score (nSPS) is 21.5. The van der Waals surface area contributed by atoms with Gasteiger partial charge in [0.1, 0.15) is 22.7 Å². The molecule has 2 aromatic rings. The SMILES string of the molecule is CC(C)=CCCC(C)=CCC[C@@]1(C)Oc2c(c(=O)oc3cc(O)ccc23)[C@@H]1C. The van der Waals surface area contributed by atoms with Crippen molar-refractivity contribution in [3.8, 4) is 11.5 Å². The minimum absolute atomic E-state index is 0.0590. The Bertz CT molecular complexity index is 992. The maximum absolute atomic E-state index is 12.5. The molecule has 150 valence electrons. The van der Waals surface area contributed by atoms with E-state index in [-0.39, 0.29) is 17.3 Å². The average molecular weight is 383 g/mol. The van der Waals surface area contributed by atoms with Crippen molar-refractivity contribution in [2.75, 3.05) is 0 Å². The Morgan fingerprint density at radius 1 is 1.21 bits per heavy atom. The number of allylic oxidation sites excluding steroid dienone is 4. The van der Waals surface area contributed by atoms with E-state index in [0.29, 0.717) is 16.9 Å². The van der Waals surface area contributed by atoms with Crippen LogP contribution in [0.3, 0.4) is 0 Å². The van der Waals surface area contributed by atoms with Crippen LogP contribution in [0.25, 0.3) is 11.0 Å². The number of hydrogen-bond acceptors (Lipinski definition) is 4. The molecule has 1 N–H and O–H groups in total. The van der Waals surface area contributed by atoms with Gasteiger partial charge in [0, 0.05) is 12.0 Å². The molecule has 4 heteroatoms. The van der Waals surface area contributed by atoms with Gasteiger partial charge in [-0.15, -0.1) is 0 Å². The summed E-state index contributed by atoms with van der Waals surface area (Å²) in [5.74, 6) is 0.611. The molecule has 0 fully saturated rings. The van der Waals surface area contributed by atoms with Crippen LogP contribution in [0.1, 0.15) is 71.8 Å². The van der Waals surface area contributed by atoms with Gasteiger partial charge in [-0.05, 0) is 65.5 Å². The number of phenolic OH excluding ortho intramolecular Hbond substituents is 1. The molecule has 4 nitrogen and oxygen atoms in total. The van der Waals surface area contributed by atoms with E-state index in [0.717, 1.165) is 31.1 Å². The molecule has 3 rings (SSSR count). The summed E-state index contributed by atoms with van der Waals surface area (Å²) in [5, 5.41) is 10.4. The zero-order valence-corrected chi connectivity index (χ0v) is 17.5. The second kappa shape index (κ2) is 7.86. The number of hydrogen-bond donors (Lipinski definition) is 1. The fraction of sp³-hybridized carbons (Fsp3) is 0.458. The zero-order valence-electron chi connectivity index (χ0n) is 17.5. The van der Waals surface area contributed by atoms with Crippen molar-refractivity contribution in [1.82, 2.24) is 0 Å². The van der Waals surface area contributed by atoms with Crippen molar-refractivity contribution in [2.24, 2.45) is 0 Å². The Hall–Kier alpha value is -2.49. The molecule has 28 heavy (non-hydrogen) atoms. The van der Waals surface area contributed by atoms with Gasteiger partial charge >= 0.3 is 5.63 Å². The average Bonchev–Trinajstić information content (AvgIpc) is 2.86. The number of phenols is 1. The lowest BCUT2D eigenvalue weighted by Gasteiger charge is -2.28. The van der Waals surface area contributed by atoms with Gasteiger partial charge in [0.25, 0.3) is 0 Å². The molecule has 0 radical (unpaired) electrons. The largest absolute Gasteiger partial charge is 0.508 e. The lowest BCUT2D eigenvalue weighted by Crippen LogP contribution is -2.33. The Morgan fingerprint density at radius 3 is 2.68 bits per heavy atom. The maximum atomic E-state index is 12.5. The molecule has 0 saturated heterocycles. The Morgan fingerprint density at radius 2 is 1.96 bits per heavy atom. The van der Waals surface area contributed by atoms with Crippen LogP contribution in [0, 0.1) is 0 Å². The monoisotopic (exact) mass is 382 g/mol. The summed E-state index contributed by atoms with van der Waals surface area (Å²) in [6.45, 7) is 10.5. The summed E-state index contributed by atoms with van der Waals surface area (Å²) in [6.07, 6.45) is 8.40. The van der Waals surface area contributed by atoms with E-state index < -0.39 is 5.60 Å². The molecule has 1 aliphatic heterocycles. The van der Waals surface area contributed by atoms with E-state index in [4.69, 9.17) is 9.15 Å². The van der Waals surface area contributed by atoms with Crippen LogP contribution in [0.2, 0.25) is 0 Å². The second-order valence-corrected chi connectivity index (χ2v) is 8.36. The molecule has 2 atom stereocenters. The molecule has 0 amide bonds. The highest BCUT2D eigenvalue weighted by molar-refractivity contribution is 5.86. The molecule has 0 spiro atoms. The summed E-state index contributed by atoms with van der Waals surface area (Å²) in [4.78, 5) is 12.5. The van der Waals surface area contributed by atoms with Gasteiger partial charge in [-0.1, -0.05) is 30.2 Å². The molecule has 2 heterocycles. The molecule has 0 unspecified atom stereocenters. The standard InChI is InChI=1S/C24H30O4/c1-15(2)8-6-9-16(3)10-7-13-24(5)17(4)21-22(28-24)19-12-11-18(25)14-20(19)27-23(21)26/h8,10-12,14,17,25H,6-7,9,13H2,1-5H3/t17-,24+/m0/s1. The first-order valence-electron chi connectivity index (χ1n) is 9.99. The number of benzene rings is 1. The quantitative estimate of drug-likeness (QED) is 0.475. The lowest BCUT2D eigenvalue weighted by molar-refractivity contribution is 0.0862. The molecule has 0 saturated carbocycles. The van der Waals surface area contributed by atoms with Gasteiger partial charge in [0.2, 0.25) is 0 Å². The first-order valence-corrected chi connectivity index (χ1v) is 9.99. The summed E-state index contributed by atoms with van der Waals surface area (Å²) in [5.41, 5.74) is 2.85. The summed E-state index contributed by atoms with van der Waals surface area (Å²) in [7, 11) is 0. The highest BCUT2D eigenvalue weighted by atomic mass is 16.5. The molecule has 1 aromatic carbocycles. The predicted molar refractivity (Wildman–Crippen MR) is 113 cm³/mol. The lowest BCUT2D eigenvalue weighted by atomic mass is 9.84. The van der Waals surface area contributed by atoms with Crippen LogP contribution in [-0.4, -0.2) is 10.7 Å². The minimum Gasteiger partial charge on any atom is -0.508 e. The van der Waals surface area contributed by atoms with E-state index in [2.05, 4.69) is 39.8 Å². The Balaban J connectivity index is 1.78. The molecule has 0 bridgehead atoms. The third-order valence-corrected chi connectivity index (χ3v) is 5.79. The fourth-order valence-electron chi connectivity index (χ4n) is 3.85. The van der Waals surface area contributed by atoms with E-state index in [1.54, 1.807) is 12.1 Å². The number of rotatable bonds is 6. The second-order valence-electron chi connectivity index (χ2n) is 8.36. The van der Waals surface area contributed by atoms with Gasteiger partial charge < -0.3 is 14.3 Å². The Kier molecular flexibility index (Phi) is 5.69. The topological polar surface area (TPSA) is 59.7 Å². The number of ether oxygens (including phenoxy) is 1. The molecular formula is C24H30O4. The first kappa shape index (κ1) is 20.2. The smallest absolute Gasteiger partial charge is 0.343 e. The van der Waals surface area contributed by atoms with Crippen LogP contribution < -0.4 is 10.4 Å². The third-order valence-electron chi connectivity index (χ3n) is 5.79. The van der Waals surface area contributed by atoms with Crippen molar-refractivity contribution >= 4 is 11.0 Å². The molecule has 0 aliphatic carbocycles. The van der Waals surface area contributed by atoms with E-state index in [1.807, 2.05) is 6.92 Å². The van der Waals surface area contributed by atoms with Crippen LogP contribution >= 0.6 is 0 Å². The molecular weight excluding hydrogens is 352 g/mol. The number of fused-ring (bicyclic) bond motifs is 3. The van der Waals surface area contributed by atoms with E-state index >= 15 is 0 Å². The van der Waals surface area contributed by atoms with Gasteiger partial charge in [0.05, 0.1) is 10.9 Å². The van der Waals surface area contributed by atoms with E-state index in [9.17, 15) is 9.90 Å². The van der Waals surface area contributed by atoms with Gasteiger partial charge in [0.15, 0.2) is 0 Å². The van der Waals surface area contributed by atoms with E-state index in [1.165, 1.54) is 17.2 Å². The van der Waals surface area contributed by atoms with Gasteiger partial charge in [-0.25, -0.2) is 4.79 Å². The highest BCUT2D eigenvalue weighted by Crippen LogP contribution is 2.48. The molecule has 1 aromatic heterocycles. The minimum atomic E-state index is -0.458. The summed E-state index contributed by atoms with van der Waals surface area (Å²) in [6, 6.07) is 4.79. The zero-order chi connectivity index (χ0) is 20.5. The summed E-state index contributed by atoms with van der Waals surface area (Å²) >= 11 is 0. The van der Waals surface area contributed by atoms with Crippen LogP contribution in [0.15, 0.2) is 50.7 Å². The predicted octanol–water partition coefficient (Wildman–Crippen LogP) is 6.23. The first-order chi connectivity index (χ1) is 13.2. The van der Waals surface area contributed by atoms with Crippen molar-refractivity contribution in [1.29, 1.82) is 0 Å². The van der Waals surface area contributed by atoms with Crippen LogP contribution in [0.5, 0.6) is 11.5 Å². The maximum Gasteiger partial charge on any atom is 0.343 e. The Labute approximate surface area is 166 Å². The summed E-state index contributed by atoms with van der Waals surface area (Å²) < 4.78 is 11.8. The van der Waals surface area contributed by atoms with Crippen molar-refractivity contribution in [3.63, 3.8) is 0 Å². The fourth-order valence-corrected chi connectivity index (χ4v) is 3.85. The number of aromatic hydroxyl groups is 1. The van der Waals surface area contributed by atoms with Crippen LogP contribution in [-0.2, 0) is 0 Å². The third kappa shape index (κ3) is 4.01. The van der Waals surface area contributed by atoms with Gasteiger partial charge in [-0.3, -0.25) is 0 Å². The molecule has 1 aliphatic rings.